The quantitative estimate of drug-likeness (QED) is 0.900. The Kier molecular flexibility index (Phi) is 4.02. The van der Waals surface area contributed by atoms with Crippen LogP contribution in [0.3, 0.4) is 0 Å². The minimum atomic E-state index is -0.452. The van der Waals surface area contributed by atoms with Crippen LogP contribution in [0, 0.1) is 6.92 Å². The molecule has 1 N–H and O–H groups in total. The van der Waals surface area contributed by atoms with E-state index in [1.165, 1.54) is 5.56 Å². The van der Waals surface area contributed by atoms with Crippen molar-refractivity contribution in [1.29, 1.82) is 0 Å². The van der Waals surface area contributed by atoms with E-state index in [0.717, 1.165) is 5.56 Å². The highest BCUT2D eigenvalue weighted by Crippen LogP contribution is 2.05. The van der Waals surface area contributed by atoms with Gasteiger partial charge in [0.05, 0.1) is 12.8 Å². The van der Waals surface area contributed by atoms with Gasteiger partial charge in [0, 0.05) is 0 Å². The van der Waals surface area contributed by atoms with Gasteiger partial charge in [0.25, 0.3) is 0 Å². The Morgan fingerprint density at radius 2 is 2.06 bits per heavy atom. The summed E-state index contributed by atoms with van der Waals surface area (Å²) in [6, 6.07) is 11.4. The molecule has 1 aromatic carbocycles. The van der Waals surface area contributed by atoms with E-state index in [1.54, 1.807) is 18.4 Å². The van der Waals surface area contributed by atoms with Gasteiger partial charge in [0.1, 0.15) is 12.4 Å². The molecular weight excluding hydrogens is 230 g/mol. The number of ether oxygens (including phenoxy) is 1. The molecule has 0 spiro atoms. The van der Waals surface area contributed by atoms with Crippen molar-refractivity contribution >= 4 is 6.09 Å². The summed E-state index contributed by atoms with van der Waals surface area (Å²) in [5.74, 6) is 0.697. The van der Waals surface area contributed by atoms with E-state index in [0.29, 0.717) is 12.3 Å². The SMILES string of the molecule is Cc1ccc(COC(=O)NCc2ccco2)cc1. The van der Waals surface area contributed by atoms with Crippen molar-refractivity contribution in [3.05, 3.63) is 59.5 Å². The third kappa shape index (κ3) is 3.66. The van der Waals surface area contributed by atoms with Gasteiger partial charge in [0.15, 0.2) is 0 Å². The molecule has 94 valence electrons. The molecule has 0 unspecified atom stereocenters. The summed E-state index contributed by atoms with van der Waals surface area (Å²) < 4.78 is 10.2. The van der Waals surface area contributed by atoms with Crippen molar-refractivity contribution < 1.29 is 13.9 Å². The Hall–Kier alpha value is -2.23. The Morgan fingerprint density at radius 3 is 2.72 bits per heavy atom. The molecule has 1 aromatic heterocycles. The lowest BCUT2D eigenvalue weighted by Crippen LogP contribution is -2.23. The number of nitrogens with one attached hydrogen (secondary N) is 1. The summed E-state index contributed by atoms with van der Waals surface area (Å²) in [7, 11) is 0. The summed E-state index contributed by atoms with van der Waals surface area (Å²) in [6.45, 7) is 2.62. The lowest BCUT2D eigenvalue weighted by atomic mass is 10.2. The van der Waals surface area contributed by atoms with Crippen LogP contribution in [-0.4, -0.2) is 6.09 Å². The number of furan rings is 1. The van der Waals surface area contributed by atoms with Gasteiger partial charge in [-0.15, -0.1) is 0 Å². The molecule has 1 heterocycles. The Labute approximate surface area is 106 Å². The van der Waals surface area contributed by atoms with Crippen LogP contribution in [0.15, 0.2) is 47.1 Å². The molecule has 2 aromatic rings. The van der Waals surface area contributed by atoms with Crippen LogP contribution in [0.1, 0.15) is 16.9 Å². The smallest absolute Gasteiger partial charge is 0.407 e. The number of aryl methyl sites for hydroxylation is 1. The average molecular weight is 245 g/mol. The molecule has 4 heteroatoms. The van der Waals surface area contributed by atoms with E-state index in [1.807, 2.05) is 31.2 Å². The first-order chi connectivity index (χ1) is 8.74. The number of hydrogen-bond donors (Lipinski definition) is 1. The molecule has 2 rings (SSSR count). The van der Waals surface area contributed by atoms with Gasteiger partial charge in [-0.3, -0.25) is 0 Å². The second-order valence-corrected chi connectivity index (χ2v) is 3.99. The van der Waals surface area contributed by atoms with Crippen LogP contribution in [-0.2, 0) is 17.9 Å². The second-order valence-electron chi connectivity index (χ2n) is 3.99. The Morgan fingerprint density at radius 1 is 1.28 bits per heavy atom. The monoisotopic (exact) mass is 245 g/mol. The first kappa shape index (κ1) is 12.2. The molecule has 0 saturated heterocycles. The maximum Gasteiger partial charge on any atom is 0.407 e. The maximum atomic E-state index is 11.4. The van der Waals surface area contributed by atoms with Crippen LogP contribution >= 0.6 is 0 Å². The molecule has 0 aliphatic heterocycles. The van der Waals surface area contributed by atoms with Crippen molar-refractivity contribution in [3.8, 4) is 0 Å². The van der Waals surface area contributed by atoms with Gasteiger partial charge in [-0.25, -0.2) is 4.79 Å². The van der Waals surface area contributed by atoms with E-state index in [9.17, 15) is 4.79 Å². The molecule has 0 radical (unpaired) electrons. The third-order valence-electron chi connectivity index (χ3n) is 2.48. The molecule has 1 amide bonds. The summed E-state index contributed by atoms with van der Waals surface area (Å²) >= 11 is 0. The van der Waals surface area contributed by atoms with Crippen LogP contribution in [0.25, 0.3) is 0 Å². The molecule has 0 bridgehead atoms. The van der Waals surface area contributed by atoms with Gasteiger partial charge >= 0.3 is 6.09 Å². The Bertz CT molecular complexity index is 488. The van der Waals surface area contributed by atoms with E-state index in [2.05, 4.69) is 5.32 Å². The largest absolute Gasteiger partial charge is 0.467 e. The molecular formula is C14H15NO3. The van der Waals surface area contributed by atoms with Crippen LogP contribution in [0.2, 0.25) is 0 Å². The van der Waals surface area contributed by atoms with Crippen molar-refractivity contribution in [2.75, 3.05) is 0 Å². The Balaban J connectivity index is 1.73. The number of carbonyl (C=O) groups is 1. The zero-order valence-corrected chi connectivity index (χ0v) is 10.2. The lowest BCUT2D eigenvalue weighted by molar-refractivity contribution is 0.138. The highest BCUT2D eigenvalue weighted by Gasteiger charge is 2.03. The topological polar surface area (TPSA) is 51.5 Å². The number of carbonyl (C=O) groups excluding carboxylic acids is 1. The molecule has 0 fully saturated rings. The third-order valence-corrected chi connectivity index (χ3v) is 2.48. The number of alkyl carbamates (subject to hydrolysis) is 1. The standard InChI is InChI=1S/C14H15NO3/c1-11-4-6-12(7-5-11)10-18-14(16)15-9-13-3-2-8-17-13/h2-8H,9-10H2,1H3,(H,15,16). The number of rotatable bonds is 4. The van der Waals surface area contributed by atoms with Crippen molar-refractivity contribution in [2.45, 2.75) is 20.1 Å². The van der Waals surface area contributed by atoms with Gasteiger partial charge in [-0.05, 0) is 24.6 Å². The summed E-state index contributed by atoms with van der Waals surface area (Å²) in [5.41, 5.74) is 2.15. The number of hydrogen-bond acceptors (Lipinski definition) is 3. The average Bonchev–Trinajstić information content (AvgIpc) is 2.89. The zero-order chi connectivity index (χ0) is 12.8. The number of benzene rings is 1. The fourth-order valence-electron chi connectivity index (χ4n) is 1.46. The minimum Gasteiger partial charge on any atom is -0.467 e. The highest BCUT2D eigenvalue weighted by atomic mass is 16.5. The zero-order valence-electron chi connectivity index (χ0n) is 10.2. The van der Waals surface area contributed by atoms with Crippen molar-refractivity contribution in [2.24, 2.45) is 0 Å². The predicted octanol–water partition coefficient (Wildman–Crippen LogP) is 3.01. The summed E-state index contributed by atoms with van der Waals surface area (Å²) in [5, 5.41) is 2.61. The normalized spacial score (nSPS) is 10.1. The van der Waals surface area contributed by atoms with Gasteiger partial charge < -0.3 is 14.5 Å². The first-order valence-electron chi connectivity index (χ1n) is 5.72. The maximum absolute atomic E-state index is 11.4. The lowest BCUT2D eigenvalue weighted by Gasteiger charge is -2.06. The molecule has 0 aliphatic rings. The first-order valence-corrected chi connectivity index (χ1v) is 5.72. The van der Waals surface area contributed by atoms with Crippen molar-refractivity contribution in [3.63, 3.8) is 0 Å². The molecule has 0 saturated carbocycles. The fourth-order valence-corrected chi connectivity index (χ4v) is 1.46. The highest BCUT2D eigenvalue weighted by molar-refractivity contribution is 5.67. The fraction of sp³-hybridized carbons (Fsp3) is 0.214. The van der Waals surface area contributed by atoms with Crippen LogP contribution in [0.4, 0.5) is 4.79 Å². The minimum absolute atomic E-state index is 0.268. The van der Waals surface area contributed by atoms with E-state index >= 15 is 0 Å². The molecule has 4 nitrogen and oxygen atoms in total. The number of amides is 1. The predicted molar refractivity (Wildman–Crippen MR) is 66.9 cm³/mol. The molecule has 0 atom stereocenters. The van der Waals surface area contributed by atoms with Gasteiger partial charge in [0.2, 0.25) is 0 Å². The van der Waals surface area contributed by atoms with Gasteiger partial charge in [-0.2, -0.15) is 0 Å². The second kappa shape index (κ2) is 5.91. The molecule has 18 heavy (non-hydrogen) atoms. The van der Waals surface area contributed by atoms with E-state index < -0.39 is 6.09 Å². The van der Waals surface area contributed by atoms with E-state index in [4.69, 9.17) is 9.15 Å². The summed E-state index contributed by atoms with van der Waals surface area (Å²) in [6.07, 6.45) is 1.11. The van der Waals surface area contributed by atoms with Crippen LogP contribution in [0.5, 0.6) is 0 Å². The van der Waals surface area contributed by atoms with E-state index in [-0.39, 0.29) is 6.61 Å². The molecule has 0 aliphatic carbocycles. The van der Waals surface area contributed by atoms with Gasteiger partial charge in [-0.1, -0.05) is 29.8 Å². The van der Waals surface area contributed by atoms with Crippen molar-refractivity contribution in [1.82, 2.24) is 5.32 Å². The summed E-state index contributed by atoms with van der Waals surface area (Å²) in [4.78, 5) is 11.4. The van der Waals surface area contributed by atoms with Crippen LogP contribution < -0.4 is 5.32 Å².